The molecule has 1 aliphatic rings. The summed E-state index contributed by atoms with van der Waals surface area (Å²) in [6, 6.07) is -0.285. The summed E-state index contributed by atoms with van der Waals surface area (Å²) in [5.74, 6) is -0.566. The van der Waals surface area contributed by atoms with Crippen LogP contribution in [0.1, 0.15) is 25.8 Å². The molecule has 0 aliphatic heterocycles. The second-order valence-corrected chi connectivity index (χ2v) is 5.18. The Kier molecular flexibility index (Phi) is 4.35. The van der Waals surface area contributed by atoms with Crippen molar-refractivity contribution in [3.8, 4) is 0 Å². The minimum Gasteiger partial charge on any atom is -0.467 e. The highest BCUT2D eigenvalue weighted by molar-refractivity contribution is 7.99. The van der Waals surface area contributed by atoms with Gasteiger partial charge in [0.2, 0.25) is 11.1 Å². The molecule has 0 unspecified atom stereocenters. The van der Waals surface area contributed by atoms with Crippen LogP contribution in [0.4, 0.5) is 0 Å². The molecule has 1 N–H and O–H groups in total. The smallest absolute Gasteiger partial charge is 0.328 e. The number of carbonyl (C=O) groups is 2. The highest BCUT2D eigenvalue weighted by atomic mass is 32.2. The SMILES string of the molecule is COC(=O)[C@@H](C)NC(=O)CSc1nnnn1C1CC1. The number of ether oxygens (including phenoxy) is 1. The normalized spacial score (nSPS) is 15.9. The number of amides is 1. The van der Waals surface area contributed by atoms with E-state index in [2.05, 4.69) is 25.6 Å². The summed E-state index contributed by atoms with van der Waals surface area (Å²) in [5, 5.41) is 14.5. The van der Waals surface area contributed by atoms with Gasteiger partial charge in [0, 0.05) is 0 Å². The van der Waals surface area contributed by atoms with E-state index in [1.54, 1.807) is 11.6 Å². The molecule has 9 heteroatoms. The molecular weight excluding hydrogens is 270 g/mol. The van der Waals surface area contributed by atoms with E-state index in [-0.39, 0.29) is 11.7 Å². The highest BCUT2D eigenvalue weighted by Crippen LogP contribution is 2.36. The molecule has 1 saturated carbocycles. The Balaban J connectivity index is 1.80. The molecule has 0 aromatic carbocycles. The third kappa shape index (κ3) is 3.66. The van der Waals surface area contributed by atoms with Crippen LogP contribution < -0.4 is 5.32 Å². The highest BCUT2D eigenvalue weighted by Gasteiger charge is 2.28. The van der Waals surface area contributed by atoms with Gasteiger partial charge in [-0.25, -0.2) is 9.48 Å². The lowest BCUT2D eigenvalue weighted by Gasteiger charge is -2.10. The quantitative estimate of drug-likeness (QED) is 0.569. The van der Waals surface area contributed by atoms with Gasteiger partial charge in [-0.2, -0.15) is 0 Å². The topological polar surface area (TPSA) is 99.0 Å². The van der Waals surface area contributed by atoms with Gasteiger partial charge in [0.1, 0.15) is 6.04 Å². The molecule has 104 valence electrons. The monoisotopic (exact) mass is 285 g/mol. The van der Waals surface area contributed by atoms with Crippen molar-refractivity contribution in [2.45, 2.75) is 37.0 Å². The fourth-order valence-electron chi connectivity index (χ4n) is 1.48. The van der Waals surface area contributed by atoms with E-state index in [0.29, 0.717) is 11.2 Å². The molecule has 1 heterocycles. The van der Waals surface area contributed by atoms with Gasteiger partial charge in [-0.3, -0.25) is 4.79 Å². The molecule has 1 atom stereocenters. The van der Waals surface area contributed by atoms with E-state index in [4.69, 9.17) is 0 Å². The second kappa shape index (κ2) is 6.00. The maximum Gasteiger partial charge on any atom is 0.328 e. The van der Waals surface area contributed by atoms with Crippen LogP contribution in [0.25, 0.3) is 0 Å². The number of methoxy groups -OCH3 is 1. The van der Waals surface area contributed by atoms with Gasteiger partial charge in [0.15, 0.2) is 0 Å². The Hall–Kier alpha value is -1.64. The molecule has 1 aromatic heterocycles. The molecule has 0 saturated heterocycles. The Bertz CT molecular complexity index is 473. The van der Waals surface area contributed by atoms with E-state index in [1.807, 2.05) is 0 Å². The second-order valence-electron chi connectivity index (χ2n) is 4.24. The van der Waals surface area contributed by atoms with Crippen molar-refractivity contribution in [2.24, 2.45) is 0 Å². The fraction of sp³-hybridized carbons (Fsp3) is 0.700. The molecule has 0 radical (unpaired) electrons. The van der Waals surface area contributed by atoms with Crippen LogP contribution in [-0.2, 0) is 14.3 Å². The van der Waals surface area contributed by atoms with E-state index in [1.165, 1.54) is 18.9 Å². The Morgan fingerprint density at radius 3 is 2.95 bits per heavy atom. The van der Waals surface area contributed by atoms with Crippen LogP contribution in [0.15, 0.2) is 5.16 Å². The number of esters is 1. The van der Waals surface area contributed by atoms with Gasteiger partial charge >= 0.3 is 5.97 Å². The zero-order chi connectivity index (χ0) is 13.8. The minimum absolute atomic E-state index is 0.161. The molecule has 0 spiro atoms. The first kappa shape index (κ1) is 13.8. The molecule has 8 nitrogen and oxygen atoms in total. The fourth-order valence-corrected chi connectivity index (χ4v) is 2.23. The van der Waals surface area contributed by atoms with Crippen LogP contribution in [0.5, 0.6) is 0 Å². The summed E-state index contributed by atoms with van der Waals surface area (Å²) >= 11 is 1.25. The standard InChI is InChI=1S/C10H15N5O3S/c1-6(9(17)18-2)11-8(16)5-19-10-12-13-14-15(10)7-3-4-7/h6-7H,3-5H2,1-2H3,(H,11,16)/t6-/m1/s1. The maximum atomic E-state index is 11.6. The van der Waals surface area contributed by atoms with Gasteiger partial charge in [-0.1, -0.05) is 11.8 Å². The first-order chi connectivity index (χ1) is 9.11. The number of carbonyl (C=O) groups excluding carboxylic acids is 2. The predicted molar refractivity (Wildman–Crippen MR) is 66.4 cm³/mol. The minimum atomic E-state index is -0.655. The summed E-state index contributed by atoms with van der Waals surface area (Å²) in [6.45, 7) is 1.57. The summed E-state index contributed by atoms with van der Waals surface area (Å²) in [6.07, 6.45) is 2.15. The molecular formula is C10H15N5O3S. The lowest BCUT2D eigenvalue weighted by Crippen LogP contribution is -2.40. The Labute approximate surface area is 114 Å². The lowest BCUT2D eigenvalue weighted by molar-refractivity contribution is -0.144. The predicted octanol–water partition coefficient (Wildman–Crippen LogP) is -0.222. The van der Waals surface area contributed by atoms with E-state index < -0.39 is 12.0 Å². The van der Waals surface area contributed by atoms with Crippen molar-refractivity contribution in [1.29, 1.82) is 0 Å². The van der Waals surface area contributed by atoms with Crippen LogP contribution in [0.2, 0.25) is 0 Å². The van der Waals surface area contributed by atoms with Crippen molar-refractivity contribution < 1.29 is 14.3 Å². The number of aromatic nitrogens is 4. The molecule has 1 amide bonds. The van der Waals surface area contributed by atoms with Crippen molar-refractivity contribution in [3.63, 3.8) is 0 Å². The van der Waals surface area contributed by atoms with Crippen LogP contribution in [-0.4, -0.2) is 51.0 Å². The summed E-state index contributed by atoms with van der Waals surface area (Å²) in [7, 11) is 1.28. The molecule has 19 heavy (non-hydrogen) atoms. The lowest BCUT2D eigenvalue weighted by atomic mass is 10.3. The number of thioether (sulfide) groups is 1. The zero-order valence-electron chi connectivity index (χ0n) is 10.7. The van der Waals surface area contributed by atoms with E-state index >= 15 is 0 Å². The number of hydrogen-bond acceptors (Lipinski definition) is 7. The number of nitrogens with zero attached hydrogens (tertiary/aromatic N) is 4. The zero-order valence-corrected chi connectivity index (χ0v) is 11.5. The first-order valence-corrected chi connectivity index (χ1v) is 6.88. The van der Waals surface area contributed by atoms with Crippen LogP contribution in [0, 0.1) is 0 Å². The molecule has 1 aliphatic carbocycles. The van der Waals surface area contributed by atoms with Gasteiger partial charge in [0.25, 0.3) is 0 Å². The Morgan fingerprint density at radius 2 is 2.32 bits per heavy atom. The summed E-state index contributed by atoms with van der Waals surface area (Å²) in [4.78, 5) is 22.8. The van der Waals surface area contributed by atoms with Crippen molar-refractivity contribution in [3.05, 3.63) is 0 Å². The largest absolute Gasteiger partial charge is 0.467 e. The first-order valence-electron chi connectivity index (χ1n) is 5.89. The van der Waals surface area contributed by atoms with Crippen molar-refractivity contribution >= 4 is 23.6 Å². The number of rotatable bonds is 6. The molecule has 1 fully saturated rings. The Morgan fingerprint density at radius 1 is 1.58 bits per heavy atom. The van der Waals surface area contributed by atoms with Crippen molar-refractivity contribution in [2.75, 3.05) is 12.9 Å². The average Bonchev–Trinajstić information content (AvgIpc) is 3.14. The number of hydrogen-bond donors (Lipinski definition) is 1. The molecule has 2 rings (SSSR count). The van der Waals surface area contributed by atoms with E-state index in [9.17, 15) is 9.59 Å². The van der Waals surface area contributed by atoms with Gasteiger partial charge < -0.3 is 10.1 Å². The number of tetrazole rings is 1. The average molecular weight is 285 g/mol. The van der Waals surface area contributed by atoms with Gasteiger partial charge in [-0.15, -0.1) is 5.10 Å². The van der Waals surface area contributed by atoms with Crippen molar-refractivity contribution in [1.82, 2.24) is 25.5 Å². The van der Waals surface area contributed by atoms with Gasteiger partial charge in [-0.05, 0) is 30.2 Å². The van der Waals surface area contributed by atoms with Gasteiger partial charge in [0.05, 0.1) is 18.9 Å². The summed E-state index contributed by atoms with van der Waals surface area (Å²) < 4.78 is 6.26. The molecule has 1 aromatic rings. The van der Waals surface area contributed by atoms with Crippen LogP contribution in [0.3, 0.4) is 0 Å². The van der Waals surface area contributed by atoms with E-state index in [0.717, 1.165) is 12.8 Å². The third-order valence-corrected chi connectivity index (χ3v) is 3.55. The maximum absolute atomic E-state index is 11.6. The third-order valence-electron chi connectivity index (χ3n) is 2.62. The number of nitrogens with one attached hydrogen (secondary N) is 1. The van der Waals surface area contributed by atoms with Crippen LogP contribution >= 0.6 is 11.8 Å². The summed E-state index contributed by atoms with van der Waals surface area (Å²) in [5.41, 5.74) is 0. The molecule has 0 bridgehead atoms.